The third-order valence-corrected chi connectivity index (χ3v) is 8.21. The van der Waals surface area contributed by atoms with Gasteiger partial charge in [0.1, 0.15) is 0 Å². The fourth-order valence-electron chi connectivity index (χ4n) is 6.68. The average molecular weight is 393 g/mol. The molecule has 0 radical (unpaired) electrons. The lowest BCUT2D eigenvalue weighted by Crippen LogP contribution is -2.52. The van der Waals surface area contributed by atoms with Crippen molar-refractivity contribution in [3.8, 4) is 0 Å². The summed E-state index contributed by atoms with van der Waals surface area (Å²) in [6.07, 6.45) is 0. The summed E-state index contributed by atoms with van der Waals surface area (Å²) < 4.78 is 0. The summed E-state index contributed by atoms with van der Waals surface area (Å²) in [6, 6.07) is 1.80. The van der Waals surface area contributed by atoms with Gasteiger partial charge >= 0.3 is 0 Å². The van der Waals surface area contributed by atoms with E-state index in [9.17, 15) is 0 Å². The maximum absolute atomic E-state index is 2.46. The fourth-order valence-corrected chi connectivity index (χ4v) is 6.68. The largest absolute Gasteiger partial charge is 0.306 e. The predicted octanol–water partition coefficient (Wildman–Crippen LogP) is -0.166. The fraction of sp³-hybridized carbons (Fsp3) is 1.00. The van der Waals surface area contributed by atoms with Gasteiger partial charge < -0.3 is 29.4 Å². The van der Waals surface area contributed by atoms with Crippen LogP contribution in [0.15, 0.2) is 0 Å². The first-order chi connectivity index (χ1) is 13.3. The third kappa shape index (κ3) is 4.42. The van der Waals surface area contributed by atoms with Crippen LogP contribution in [0, 0.1) is 23.7 Å². The average Bonchev–Trinajstić information content (AvgIpc) is 3.30. The van der Waals surface area contributed by atoms with Gasteiger partial charge in [0.05, 0.1) is 0 Å². The molecule has 162 valence electrons. The van der Waals surface area contributed by atoms with Gasteiger partial charge in [-0.1, -0.05) is 0 Å². The minimum absolute atomic E-state index is 0.898. The summed E-state index contributed by atoms with van der Waals surface area (Å²) >= 11 is 0. The van der Waals surface area contributed by atoms with Crippen molar-refractivity contribution in [2.75, 3.05) is 108 Å². The summed E-state index contributed by atoms with van der Waals surface area (Å²) in [5.74, 6) is 3.96. The molecule has 6 heterocycles. The van der Waals surface area contributed by atoms with Crippen molar-refractivity contribution in [2.45, 2.75) is 12.1 Å². The number of likely N-dealkylation sites (N-methyl/N-ethyl adjacent to an activating group) is 4. The Kier molecular flexibility index (Phi) is 6.36. The molecule has 0 bridgehead atoms. The Morgan fingerprint density at radius 3 is 0.893 bits per heavy atom. The highest BCUT2D eigenvalue weighted by Crippen LogP contribution is 2.30. The number of hydrogen-bond acceptors (Lipinski definition) is 6. The van der Waals surface area contributed by atoms with Crippen LogP contribution in [0.1, 0.15) is 0 Å². The van der Waals surface area contributed by atoms with Gasteiger partial charge in [-0.25, -0.2) is 0 Å². The molecule has 6 rings (SSSR count). The zero-order valence-corrected chi connectivity index (χ0v) is 19.2. The van der Waals surface area contributed by atoms with E-state index in [1.165, 1.54) is 65.4 Å². The van der Waals surface area contributed by atoms with E-state index < -0.39 is 0 Å². The molecule has 4 atom stereocenters. The summed E-state index contributed by atoms with van der Waals surface area (Å²) in [7, 11) is 13.3. The van der Waals surface area contributed by atoms with Crippen molar-refractivity contribution in [3.63, 3.8) is 0 Å². The standard InChI is InChI=1S/C8H16N2.2C7H14N2/c1-9-3-7-5-10(2)6-8(7)4-9;2*1-8-3-6-4-9(2)7(6)5-8/h7-8H,3-6H2,1-2H3;2*6-7H,3-5H2,1-2H3. The summed E-state index contributed by atoms with van der Waals surface area (Å²) in [5, 5.41) is 0. The van der Waals surface area contributed by atoms with Crippen LogP contribution in [0.4, 0.5) is 0 Å². The smallest absolute Gasteiger partial charge is 0.0272 e. The van der Waals surface area contributed by atoms with E-state index in [1.54, 1.807) is 0 Å². The van der Waals surface area contributed by atoms with Gasteiger partial charge in [0.25, 0.3) is 0 Å². The number of rotatable bonds is 0. The van der Waals surface area contributed by atoms with Gasteiger partial charge in [0.15, 0.2) is 0 Å². The van der Waals surface area contributed by atoms with Crippen LogP contribution in [0.2, 0.25) is 0 Å². The van der Waals surface area contributed by atoms with Crippen molar-refractivity contribution in [3.05, 3.63) is 0 Å². The topological polar surface area (TPSA) is 19.4 Å². The first-order valence-corrected chi connectivity index (χ1v) is 11.4. The molecule has 6 fully saturated rings. The Bertz CT molecular complexity index is 471. The zero-order chi connectivity index (χ0) is 20.0. The van der Waals surface area contributed by atoms with E-state index in [-0.39, 0.29) is 0 Å². The maximum Gasteiger partial charge on any atom is 0.0272 e. The molecule has 28 heavy (non-hydrogen) atoms. The van der Waals surface area contributed by atoms with Gasteiger partial charge in [0.2, 0.25) is 0 Å². The lowest BCUT2D eigenvalue weighted by Gasteiger charge is -2.40. The Morgan fingerprint density at radius 1 is 0.357 bits per heavy atom. The predicted molar refractivity (Wildman–Crippen MR) is 117 cm³/mol. The number of hydrogen-bond donors (Lipinski definition) is 0. The van der Waals surface area contributed by atoms with Crippen LogP contribution in [0.25, 0.3) is 0 Å². The first-order valence-electron chi connectivity index (χ1n) is 11.4. The molecule has 0 aromatic rings. The van der Waals surface area contributed by atoms with Crippen LogP contribution >= 0.6 is 0 Å². The molecule has 4 unspecified atom stereocenters. The molecular weight excluding hydrogens is 348 g/mol. The third-order valence-electron chi connectivity index (χ3n) is 8.21. The van der Waals surface area contributed by atoms with Crippen LogP contribution < -0.4 is 0 Å². The summed E-state index contributed by atoms with van der Waals surface area (Å²) in [6.45, 7) is 13.2. The minimum atomic E-state index is 0.898. The molecule has 6 aliphatic rings. The molecule has 0 amide bonds. The number of fused-ring (bicyclic) bond motifs is 3. The summed E-state index contributed by atoms with van der Waals surface area (Å²) in [5.41, 5.74) is 0. The highest BCUT2D eigenvalue weighted by atomic mass is 15.3. The molecule has 6 aliphatic heterocycles. The second-order valence-electron chi connectivity index (χ2n) is 10.9. The molecule has 0 saturated carbocycles. The van der Waals surface area contributed by atoms with Crippen molar-refractivity contribution in [1.82, 2.24) is 29.4 Å². The van der Waals surface area contributed by atoms with Crippen molar-refractivity contribution in [2.24, 2.45) is 23.7 Å². The molecule has 0 aromatic heterocycles. The molecular formula is C22H44N6. The number of likely N-dealkylation sites (tertiary alicyclic amines) is 6. The highest BCUT2D eigenvalue weighted by Gasteiger charge is 2.42. The molecule has 6 saturated heterocycles. The van der Waals surface area contributed by atoms with Gasteiger partial charge in [0, 0.05) is 89.4 Å². The lowest BCUT2D eigenvalue weighted by atomic mass is 9.93. The quantitative estimate of drug-likeness (QED) is 0.566. The normalized spacial score (nSPS) is 43.9. The first kappa shape index (κ1) is 21.0. The van der Waals surface area contributed by atoms with Gasteiger partial charge in [-0.2, -0.15) is 0 Å². The van der Waals surface area contributed by atoms with E-state index in [2.05, 4.69) is 71.7 Å². The highest BCUT2D eigenvalue weighted by molar-refractivity contribution is 4.98. The van der Waals surface area contributed by atoms with Gasteiger partial charge in [-0.3, -0.25) is 0 Å². The Balaban J connectivity index is 0.000000103. The van der Waals surface area contributed by atoms with Gasteiger partial charge in [-0.05, 0) is 54.1 Å². The van der Waals surface area contributed by atoms with Crippen molar-refractivity contribution >= 4 is 0 Å². The Hall–Kier alpha value is -0.240. The summed E-state index contributed by atoms with van der Waals surface area (Å²) in [4.78, 5) is 14.7. The number of nitrogens with zero attached hydrogens (tertiary/aromatic N) is 6. The molecule has 0 aromatic carbocycles. The van der Waals surface area contributed by atoms with Crippen LogP contribution in [0.3, 0.4) is 0 Å². The second kappa shape index (κ2) is 8.48. The zero-order valence-electron chi connectivity index (χ0n) is 19.2. The van der Waals surface area contributed by atoms with E-state index in [0.29, 0.717) is 0 Å². The molecule has 6 heteroatoms. The lowest BCUT2D eigenvalue weighted by molar-refractivity contribution is 0.0826. The van der Waals surface area contributed by atoms with Gasteiger partial charge in [-0.15, -0.1) is 0 Å². The van der Waals surface area contributed by atoms with E-state index >= 15 is 0 Å². The van der Waals surface area contributed by atoms with E-state index in [4.69, 9.17) is 0 Å². The Morgan fingerprint density at radius 2 is 0.643 bits per heavy atom. The van der Waals surface area contributed by atoms with Crippen LogP contribution in [-0.2, 0) is 0 Å². The minimum Gasteiger partial charge on any atom is -0.306 e. The monoisotopic (exact) mass is 392 g/mol. The van der Waals surface area contributed by atoms with E-state index in [1.807, 2.05) is 0 Å². The molecule has 0 aliphatic carbocycles. The maximum atomic E-state index is 2.46. The SMILES string of the molecule is CN1CC2CN(C)C2C1.CN1CC2CN(C)C2C1.CN1CC2CN(C)CC2C1. The molecule has 0 N–H and O–H groups in total. The second-order valence-corrected chi connectivity index (χ2v) is 10.9. The van der Waals surface area contributed by atoms with E-state index in [0.717, 1.165) is 35.8 Å². The van der Waals surface area contributed by atoms with Crippen LogP contribution in [-0.4, -0.2) is 149 Å². The van der Waals surface area contributed by atoms with Crippen molar-refractivity contribution in [1.29, 1.82) is 0 Å². The molecule has 0 spiro atoms. The van der Waals surface area contributed by atoms with Crippen molar-refractivity contribution < 1.29 is 0 Å². The Labute approximate surface area is 173 Å². The van der Waals surface area contributed by atoms with Crippen LogP contribution in [0.5, 0.6) is 0 Å². The molecule has 6 nitrogen and oxygen atoms in total.